The summed E-state index contributed by atoms with van der Waals surface area (Å²) in [6.07, 6.45) is 2.19. The van der Waals surface area contributed by atoms with Crippen molar-refractivity contribution in [1.82, 2.24) is 10.2 Å². The molecule has 1 unspecified atom stereocenters. The fraction of sp³-hybridized carbons (Fsp3) is 0.158. The number of ether oxygens (including phenoxy) is 2. The normalized spacial score (nSPS) is 16.0. The van der Waals surface area contributed by atoms with Crippen LogP contribution in [0.4, 0.5) is 5.82 Å². The van der Waals surface area contributed by atoms with Gasteiger partial charge in [0, 0.05) is 24.1 Å². The molecule has 0 saturated carbocycles. The van der Waals surface area contributed by atoms with Crippen molar-refractivity contribution in [3.8, 4) is 17.2 Å². The number of para-hydroxylation sites is 1. The number of benzene rings is 2. The van der Waals surface area contributed by atoms with E-state index in [9.17, 15) is 4.79 Å². The zero-order chi connectivity index (χ0) is 17.2. The van der Waals surface area contributed by atoms with Gasteiger partial charge in [0.1, 0.15) is 5.75 Å². The van der Waals surface area contributed by atoms with Crippen LogP contribution in [-0.2, 0) is 4.79 Å². The van der Waals surface area contributed by atoms with Crippen LogP contribution in [-0.4, -0.2) is 23.2 Å². The average Bonchev–Trinajstić information content (AvgIpc) is 3.10. The Bertz CT molecular complexity index is 905. The molecule has 0 aliphatic carbocycles. The van der Waals surface area contributed by atoms with Gasteiger partial charge in [0.25, 0.3) is 0 Å². The first-order valence-electron chi connectivity index (χ1n) is 7.99. The molecule has 0 bridgehead atoms. The number of carbonyl (C=O) groups is 1. The molecule has 4 rings (SSSR count). The molecule has 126 valence electrons. The van der Waals surface area contributed by atoms with E-state index in [1.54, 1.807) is 7.11 Å². The minimum Gasteiger partial charge on any atom is -0.493 e. The standard InChI is InChI=1S/C19H17N3O3/c1-24-17-9-12(7-8-16(17)25-13-5-3-2-4-6-13)14-10-18(23)21-19-15(14)11-20-22-19/h2-9,11,14H,10H2,1H3,(H2,20,21,22,23). The summed E-state index contributed by atoms with van der Waals surface area (Å²) < 4.78 is 11.4. The predicted octanol–water partition coefficient (Wildman–Crippen LogP) is 3.68. The van der Waals surface area contributed by atoms with Crippen molar-refractivity contribution in [2.45, 2.75) is 12.3 Å². The molecule has 2 aromatic carbocycles. The van der Waals surface area contributed by atoms with E-state index in [4.69, 9.17) is 9.47 Å². The first-order chi connectivity index (χ1) is 12.2. The molecule has 1 aromatic heterocycles. The van der Waals surface area contributed by atoms with Gasteiger partial charge < -0.3 is 14.8 Å². The Kier molecular flexibility index (Phi) is 3.85. The minimum absolute atomic E-state index is 0.0480. The SMILES string of the molecule is COc1cc(C2CC(=O)Nc3n[nH]cc32)ccc1Oc1ccccc1. The Morgan fingerprint density at radius 2 is 1.96 bits per heavy atom. The lowest BCUT2D eigenvalue weighted by Crippen LogP contribution is -2.22. The molecule has 1 amide bonds. The van der Waals surface area contributed by atoms with Gasteiger partial charge in [-0.05, 0) is 29.8 Å². The van der Waals surface area contributed by atoms with E-state index >= 15 is 0 Å². The van der Waals surface area contributed by atoms with Gasteiger partial charge in [0.2, 0.25) is 5.91 Å². The van der Waals surface area contributed by atoms with Crippen LogP contribution in [0, 0.1) is 0 Å². The molecule has 3 aromatic rings. The summed E-state index contributed by atoms with van der Waals surface area (Å²) >= 11 is 0. The van der Waals surface area contributed by atoms with Gasteiger partial charge in [-0.15, -0.1) is 0 Å². The van der Waals surface area contributed by atoms with Crippen LogP contribution in [0.5, 0.6) is 17.2 Å². The fourth-order valence-corrected chi connectivity index (χ4v) is 3.04. The van der Waals surface area contributed by atoms with Gasteiger partial charge in [-0.1, -0.05) is 24.3 Å². The second kappa shape index (κ2) is 6.32. The molecule has 0 fully saturated rings. The zero-order valence-corrected chi connectivity index (χ0v) is 13.7. The van der Waals surface area contributed by atoms with Crippen LogP contribution in [0.2, 0.25) is 0 Å². The second-order valence-corrected chi connectivity index (χ2v) is 5.82. The van der Waals surface area contributed by atoms with Crippen molar-refractivity contribution in [3.63, 3.8) is 0 Å². The fourth-order valence-electron chi connectivity index (χ4n) is 3.04. The molecule has 2 heterocycles. The number of aromatic amines is 1. The van der Waals surface area contributed by atoms with Gasteiger partial charge >= 0.3 is 0 Å². The van der Waals surface area contributed by atoms with E-state index < -0.39 is 0 Å². The van der Waals surface area contributed by atoms with Crippen LogP contribution >= 0.6 is 0 Å². The zero-order valence-electron chi connectivity index (χ0n) is 13.7. The van der Waals surface area contributed by atoms with Crippen LogP contribution < -0.4 is 14.8 Å². The quantitative estimate of drug-likeness (QED) is 0.762. The highest BCUT2D eigenvalue weighted by atomic mass is 16.5. The molecule has 0 spiro atoms. The van der Waals surface area contributed by atoms with Gasteiger partial charge in [-0.25, -0.2) is 0 Å². The van der Waals surface area contributed by atoms with Crippen molar-refractivity contribution in [2.75, 3.05) is 12.4 Å². The third-order valence-corrected chi connectivity index (χ3v) is 4.25. The number of hydrogen-bond donors (Lipinski definition) is 2. The average molecular weight is 335 g/mol. The Morgan fingerprint density at radius 3 is 2.76 bits per heavy atom. The van der Waals surface area contributed by atoms with E-state index in [-0.39, 0.29) is 11.8 Å². The number of amides is 1. The van der Waals surface area contributed by atoms with E-state index in [1.807, 2.05) is 54.7 Å². The summed E-state index contributed by atoms with van der Waals surface area (Å²) in [5.41, 5.74) is 1.95. The van der Waals surface area contributed by atoms with Crippen LogP contribution in [0.15, 0.2) is 54.7 Å². The topological polar surface area (TPSA) is 76.2 Å². The summed E-state index contributed by atoms with van der Waals surface area (Å²) in [6, 6.07) is 15.3. The number of carbonyl (C=O) groups excluding carboxylic acids is 1. The molecule has 6 nitrogen and oxygen atoms in total. The molecule has 0 saturated heterocycles. The maximum absolute atomic E-state index is 11.9. The second-order valence-electron chi connectivity index (χ2n) is 5.82. The monoisotopic (exact) mass is 335 g/mol. The van der Waals surface area contributed by atoms with E-state index in [0.717, 1.165) is 16.9 Å². The van der Waals surface area contributed by atoms with Crippen molar-refractivity contribution in [2.24, 2.45) is 0 Å². The Hall–Kier alpha value is -3.28. The molecule has 1 atom stereocenters. The predicted molar refractivity (Wildman–Crippen MR) is 93.2 cm³/mol. The Morgan fingerprint density at radius 1 is 1.12 bits per heavy atom. The third-order valence-electron chi connectivity index (χ3n) is 4.25. The number of aromatic nitrogens is 2. The lowest BCUT2D eigenvalue weighted by atomic mass is 9.87. The maximum Gasteiger partial charge on any atom is 0.226 e. The van der Waals surface area contributed by atoms with Crippen molar-refractivity contribution in [3.05, 3.63) is 65.9 Å². The Balaban J connectivity index is 1.68. The van der Waals surface area contributed by atoms with E-state index in [0.29, 0.717) is 23.7 Å². The highest BCUT2D eigenvalue weighted by Gasteiger charge is 2.29. The van der Waals surface area contributed by atoms with E-state index in [2.05, 4.69) is 15.5 Å². The Labute approximate surface area is 144 Å². The number of nitrogens with one attached hydrogen (secondary N) is 2. The van der Waals surface area contributed by atoms with Crippen LogP contribution in [0.25, 0.3) is 0 Å². The van der Waals surface area contributed by atoms with Crippen molar-refractivity contribution in [1.29, 1.82) is 0 Å². The van der Waals surface area contributed by atoms with Crippen LogP contribution in [0.1, 0.15) is 23.5 Å². The molecule has 6 heteroatoms. The lowest BCUT2D eigenvalue weighted by molar-refractivity contribution is -0.116. The van der Waals surface area contributed by atoms with Gasteiger partial charge in [0.05, 0.1) is 7.11 Å². The number of rotatable bonds is 4. The van der Waals surface area contributed by atoms with Crippen molar-refractivity contribution < 1.29 is 14.3 Å². The molecular formula is C19H17N3O3. The van der Waals surface area contributed by atoms with Gasteiger partial charge in [-0.2, -0.15) is 5.10 Å². The number of fused-ring (bicyclic) bond motifs is 1. The van der Waals surface area contributed by atoms with Crippen molar-refractivity contribution >= 4 is 11.7 Å². The lowest BCUT2D eigenvalue weighted by Gasteiger charge is -2.22. The van der Waals surface area contributed by atoms with Crippen LogP contribution in [0.3, 0.4) is 0 Å². The first kappa shape index (κ1) is 15.3. The molecular weight excluding hydrogens is 318 g/mol. The molecule has 0 radical (unpaired) electrons. The summed E-state index contributed by atoms with van der Waals surface area (Å²) in [7, 11) is 1.60. The summed E-state index contributed by atoms with van der Waals surface area (Å²) in [5.74, 6) is 2.46. The number of H-pyrrole nitrogens is 1. The molecule has 1 aliphatic rings. The number of anilines is 1. The number of methoxy groups -OCH3 is 1. The summed E-state index contributed by atoms with van der Waals surface area (Å²) in [4.78, 5) is 11.9. The van der Waals surface area contributed by atoms with Gasteiger partial charge in [0.15, 0.2) is 17.3 Å². The molecule has 1 aliphatic heterocycles. The third kappa shape index (κ3) is 2.94. The van der Waals surface area contributed by atoms with Gasteiger partial charge in [-0.3, -0.25) is 9.89 Å². The first-order valence-corrected chi connectivity index (χ1v) is 7.99. The summed E-state index contributed by atoms with van der Waals surface area (Å²) in [5, 5.41) is 9.67. The largest absolute Gasteiger partial charge is 0.493 e. The summed E-state index contributed by atoms with van der Waals surface area (Å²) in [6.45, 7) is 0. The minimum atomic E-state index is -0.0674. The highest BCUT2D eigenvalue weighted by molar-refractivity contribution is 5.94. The maximum atomic E-state index is 11.9. The highest BCUT2D eigenvalue weighted by Crippen LogP contribution is 2.40. The molecule has 25 heavy (non-hydrogen) atoms. The number of hydrogen-bond acceptors (Lipinski definition) is 4. The smallest absolute Gasteiger partial charge is 0.226 e. The number of nitrogens with zero attached hydrogens (tertiary/aromatic N) is 1. The molecule has 2 N–H and O–H groups in total. The van der Waals surface area contributed by atoms with E-state index in [1.165, 1.54) is 0 Å².